The number of nitrogens with zero attached hydrogens (tertiary/aromatic N) is 1. The van der Waals surface area contributed by atoms with Crippen LogP contribution in [0.2, 0.25) is 0 Å². The number of hydrogen-bond acceptors (Lipinski definition) is 3. The lowest BCUT2D eigenvalue weighted by atomic mass is 10.4. The summed E-state index contributed by atoms with van der Waals surface area (Å²) in [4.78, 5) is 3.59. The van der Waals surface area contributed by atoms with Gasteiger partial charge < -0.3 is 0 Å². The summed E-state index contributed by atoms with van der Waals surface area (Å²) in [5.74, 6) is -0.548. The maximum absolute atomic E-state index is 12.5. The molecule has 0 aliphatic rings. The first kappa shape index (κ1) is 8.92. The third kappa shape index (κ3) is 2.83. The van der Waals surface area contributed by atoms with E-state index in [2.05, 4.69) is 4.98 Å². The van der Waals surface area contributed by atoms with Crippen LogP contribution in [0.4, 0.5) is 10.2 Å². The minimum absolute atomic E-state index is 0.0162. The fourth-order valence-electron chi connectivity index (χ4n) is 0.651. The molecule has 0 spiro atoms. The summed E-state index contributed by atoms with van der Waals surface area (Å²) in [6.45, 7) is 0. The summed E-state index contributed by atoms with van der Waals surface area (Å²) in [5.41, 5.74) is 0. The molecule has 1 aromatic heterocycles. The highest BCUT2D eigenvalue weighted by molar-refractivity contribution is 7.92. The standard InChI is InChI=1S/C6H7FN2O2S/c1-12(10,11)9-6-4-5(7)2-3-8-6/h2-4H,1H3,(H,8,9). The minimum Gasteiger partial charge on any atom is -0.267 e. The summed E-state index contributed by atoms with van der Waals surface area (Å²) < 4.78 is 35.8. The third-order valence-electron chi connectivity index (χ3n) is 1.01. The van der Waals surface area contributed by atoms with Gasteiger partial charge in [-0.15, -0.1) is 0 Å². The maximum atomic E-state index is 12.5. The van der Waals surface area contributed by atoms with Crippen molar-refractivity contribution in [2.24, 2.45) is 0 Å². The molecule has 0 unspecified atom stereocenters. The monoisotopic (exact) mass is 190 g/mol. The van der Waals surface area contributed by atoms with Gasteiger partial charge in [0.25, 0.3) is 0 Å². The molecule has 0 amide bonds. The molecule has 0 radical (unpaired) electrons. The molecule has 0 fully saturated rings. The summed E-state index contributed by atoms with van der Waals surface area (Å²) in [6, 6.07) is 2.13. The number of hydrogen-bond donors (Lipinski definition) is 1. The molecule has 1 N–H and O–H groups in total. The molecule has 1 aromatic rings. The molecule has 6 heteroatoms. The smallest absolute Gasteiger partial charge is 0.230 e. The van der Waals surface area contributed by atoms with Crippen molar-refractivity contribution >= 4 is 15.8 Å². The van der Waals surface area contributed by atoms with E-state index in [4.69, 9.17) is 0 Å². The summed E-state index contributed by atoms with van der Waals surface area (Å²) in [6.07, 6.45) is 2.16. The lowest BCUT2D eigenvalue weighted by molar-refractivity contribution is 0.606. The quantitative estimate of drug-likeness (QED) is 0.742. The molecule has 66 valence electrons. The van der Waals surface area contributed by atoms with Crippen LogP contribution in [0, 0.1) is 5.82 Å². The van der Waals surface area contributed by atoms with Gasteiger partial charge in [0.15, 0.2) is 0 Å². The second-order valence-electron chi connectivity index (χ2n) is 2.23. The molecule has 0 atom stereocenters. The Bertz CT molecular complexity index is 377. The molecule has 0 bridgehead atoms. The molecule has 4 nitrogen and oxygen atoms in total. The average molecular weight is 190 g/mol. The van der Waals surface area contributed by atoms with Crippen molar-refractivity contribution in [2.75, 3.05) is 11.0 Å². The van der Waals surface area contributed by atoms with Crippen LogP contribution in [-0.2, 0) is 10.0 Å². The van der Waals surface area contributed by atoms with Crippen LogP contribution in [0.1, 0.15) is 0 Å². The first-order valence-corrected chi connectivity index (χ1v) is 4.96. The van der Waals surface area contributed by atoms with Crippen molar-refractivity contribution in [1.82, 2.24) is 4.98 Å². The van der Waals surface area contributed by atoms with Crippen LogP contribution in [0.15, 0.2) is 18.3 Å². The Balaban J connectivity index is 2.91. The van der Waals surface area contributed by atoms with Gasteiger partial charge in [0.05, 0.1) is 6.26 Å². The molecular weight excluding hydrogens is 183 g/mol. The molecule has 0 saturated carbocycles. The van der Waals surface area contributed by atoms with Gasteiger partial charge >= 0.3 is 0 Å². The highest BCUT2D eigenvalue weighted by atomic mass is 32.2. The molecule has 0 saturated heterocycles. The van der Waals surface area contributed by atoms with Crippen molar-refractivity contribution in [3.8, 4) is 0 Å². The van der Waals surface area contributed by atoms with Crippen LogP contribution >= 0.6 is 0 Å². The number of aromatic nitrogens is 1. The van der Waals surface area contributed by atoms with Gasteiger partial charge in [0.1, 0.15) is 11.6 Å². The zero-order chi connectivity index (χ0) is 9.19. The predicted octanol–water partition coefficient (Wildman–Crippen LogP) is 0.592. The van der Waals surface area contributed by atoms with Crippen molar-refractivity contribution in [3.05, 3.63) is 24.1 Å². The Hall–Kier alpha value is -1.17. The van der Waals surface area contributed by atoms with E-state index in [0.29, 0.717) is 0 Å². The fraction of sp³-hybridized carbons (Fsp3) is 0.167. The van der Waals surface area contributed by atoms with E-state index in [-0.39, 0.29) is 5.82 Å². The van der Waals surface area contributed by atoms with Crippen molar-refractivity contribution in [1.29, 1.82) is 0 Å². The Labute approximate surface area is 69.5 Å². The number of halogens is 1. The van der Waals surface area contributed by atoms with E-state index in [1.54, 1.807) is 0 Å². The Morgan fingerprint density at radius 2 is 2.25 bits per heavy atom. The predicted molar refractivity (Wildman–Crippen MR) is 42.7 cm³/mol. The van der Waals surface area contributed by atoms with Gasteiger partial charge in [-0.25, -0.2) is 17.8 Å². The van der Waals surface area contributed by atoms with Crippen LogP contribution in [0.5, 0.6) is 0 Å². The van der Waals surface area contributed by atoms with Crippen molar-refractivity contribution < 1.29 is 12.8 Å². The summed E-state index contributed by atoms with van der Waals surface area (Å²) in [5, 5.41) is 0. The third-order valence-corrected chi connectivity index (χ3v) is 1.59. The Kier molecular flexibility index (Phi) is 2.27. The summed E-state index contributed by atoms with van der Waals surface area (Å²) >= 11 is 0. The molecule has 0 aromatic carbocycles. The molecular formula is C6H7FN2O2S. The van der Waals surface area contributed by atoms with Gasteiger partial charge in [0, 0.05) is 12.3 Å². The largest absolute Gasteiger partial charge is 0.267 e. The number of rotatable bonds is 2. The number of anilines is 1. The van der Waals surface area contributed by atoms with Crippen LogP contribution in [0.25, 0.3) is 0 Å². The zero-order valence-corrected chi connectivity index (χ0v) is 7.10. The lowest BCUT2D eigenvalue weighted by Gasteiger charge is -2.00. The van der Waals surface area contributed by atoms with Gasteiger partial charge in [-0.05, 0) is 6.07 Å². The Morgan fingerprint density at radius 1 is 1.58 bits per heavy atom. The van der Waals surface area contributed by atoms with E-state index in [1.807, 2.05) is 4.72 Å². The highest BCUT2D eigenvalue weighted by Gasteiger charge is 2.02. The average Bonchev–Trinajstić information content (AvgIpc) is 1.82. The fourth-order valence-corrected chi connectivity index (χ4v) is 1.14. The molecule has 12 heavy (non-hydrogen) atoms. The lowest BCUT2D eigenvalue weighted by Crippen LogP contribution is -2.10. The Morgan fingerprint density at radius 3 is 2.75 bits per heavy atom. The topological polar surface area (TPSA) is 59.1 Å². The molecule has 1 rings (SSSR count). The molecule has 0 aliphatic heterocycles. The molecule has 1 heterocycles. The van der Waals surface area contributed by atoms with Crippen LogP contribution in [0.3, 0.4) is 0 Å². The van der Waals surface area contributed by atoms with Gasteiger partial charge in [-0.2, -0.15) is 0 Å². The van der Waals surface area contributed by atoms with Crippen molar-refractivity contribution in [2.45, 2.75) is 0 Å². The molecule has 0 aliphatic carbocycles. The second kappa shape index (κ2) is 3.06. The van der Waals surface area contributed by atoms with Crippen LogP contribution < -0.4 is 4.72 Å². The van der Waals surface area contributed by atoms with Gasteiger partial charge in [-0.1, -0.05) is 0 Å². The van der Waals surface area contributed by atoms with E-state index in [9.17, 15) is 12.8 Å². The zero-order valence-electron chi connectivity index (χ0n) is 6.28. The highest BCUT2D eigenvalue weighted by Crippen LogP contribution is 2.05. The maximum Gasteiger partial charge on any atom is 0.230 e. The minimum atomic E-state index is -3.37. The number of pyridine rings is 1. The first-order valence-electron chi connectivity index (χ1n) is 3.07. The van der Waals surface area contributed by atoms with Gasteiger partial charge in [0.2, 0.25) is 10.0 Å². The van der Waals surface area contributed by atoms with E-state index >= 15 is 0 Å². The normalized spacial score (nSPS) is 11.2. The van der Waals surface area contributed by atoms with E-state index < -0.39 is 15.8 Å². The SMILES string of the molecule is CS(=O)(=O)Nc1cc(F)ccn1. The second-order valence-corrected chi connectivity index (χ2v) is 3.98. The first-order chi connectivity index (χ1) is 5.47. The van der Waals surface area contributed by atoms with E-state index in [1.165, 1.54) is 6.20 Å². The summed E-state index contributed by atoms with van der Waals surface area (Å²) in [7, 11) is -3.37. The van der Waals surface area contributed by atoms with Crippen LogP contribution in [-0.4, -0.2) is 19.7 Å². The van der Waals surface area contributed by atoms with Crippen molar-refractivity contribution in [3.63, 3.8) is 0 Å². The number of nitrogens with one attached hydrogen (secondary N) is 1. The number of sulfonamides is 1. The van der Waals surface area contributed by atoms with E-state index in [0.717, 1.165) is 18.4 Å². The van der Waals surface area contributed by atoms with Gasteiger partial charge in [-0.3, -0.25) is 4.72 Å².